The summed E-state index contributed by atoms with van der Waals surface area (Å²) in [7, 11) is -1.93. The van der Waals surface area contributed by atoms with Crippen molar-refractivity contribution in [3.63, 3.8) is 0 Å². The maximum absolute atomic E-state index is 13.1. The van der Waals surface area contributed by atoms with Gasteiger partial charge in [-0.1, -0.05) is 17.7 Å². The smallest absolute Gasteiger partial charge is 0.319 e. The van der Waals surface area contributed by atoms with Gasteiger partial charge in [0.1, 0.15) is 0 Å². The van der Waals surface area contributed by atoms with Gasteiger partial charge >= 0.3 is 6.03 Å². The largest absolute Gasteiger partial charge is 0.379 e. The van der Waals surface area contributed by atoms with Crippen molar-refractivity contribution in [2.75, 3.05) is 59.6 Å². The van der Waals surface area contributed by atoms with Crippen LogP contribution in [0.1, 0.15) is 37.7 Å². The number of ether oxygens (including phenoxy) is 1. The van der Waals surface area contributed by atoms with E-state index < -0.39 is 10.1 Å². The van der Waals surface area contributed by atoms with Crippen molar-refractivity contribution < 1.29 is 22.1 Å². The Morgan fingerprint density at radius 3 is 2.59 bits per heavy atom. The van der Waals surface area contributed by atoms with Crippen LogP contribution in [0.3, 0.4) is 0 Å². The minimum absolute atomic E-state index is 0.00570. The fourth-order valence-electron chi connectivity index (χ4n) is 4.29. The summed E-state index contributed by atoms with van der Waals surface area (Å²) in [6.45, 7) is 7.85. The van der Waals surface area contributed by atoms with Crippen LogP contribution in [0.5, 0.6) is 0 Å². The standard InChI is InChI=1S/C23H37N3O5S/c1-20-7-9-22(10-8-20)32(28,29)31-17-11-21-6-3-4-14-26(21)23(27)24(2)12-5-13-25-15-18-30-19-16-25/h7-10,21H,3-6,11-19H2,1-2H3. The van der Waals surface area contributed by atoms with Gasteiger partial charge in [0.25, 0.3) is 10.1 Å². The summed E-state index contributed by atoms with van der Waals surface area (Å²) >= 11 is 0. The molecule has 1 aromatic rings. The van der Waals surface area contributed by atoms with E-state index in [1.165, 1.54) is 0 Å². The highest BCUT2D eigenvalue weighted by atomic mass is 32.2. The molecule has 1 atom stereocenters. The van der Waals surface area contributed by atoms with Crippen molar-refractivity contribution in [1.82, 2.24) is 14.7 Å². The lowest BCUT2D eigenvalue weighted by molar-refractivity contribution is 0.0363. The normalized spacial score (nSPS) is 20.3. The van der Waals surface area contributed by atoms with Crippen LogP contribution in [-0.4, -0.2) is 94.8 Å². The first kappa shape index (κ1) is 25.0. The first-order valence-corrected chi connectivity index (χ1v) is 13.1. The number of nitrogens with zero attached hydrogens (tertiary/aromatic N) is 3. The van der Waals surface area contributed by atoms with Crippen LogP contribution in [0.4, 0.5) is 4.79 Å². The molecule has 1 aromatic carbocycles. The van der Waals surface area contributed by atoms with Crippen molar-refractivity contribution in [2.45, 2.75) is 50.0 Å². The number of likely N-dealkylation sites (tertiary alicyclic amines) is 1. The van der Waals surface area contributed by atoms with Crippen LogP contribution in [0.2, 0.25) is 0 Å². The molecule has 0 bridgehead atoms. The highest BCUT2D eigenvalue weighted by molar-refractivity contribution is 7.86. The first-order valence-electron chi connectivity index (χ1n) is 11.6. The molecule has 2 amide bonds. The summed E-state index contributed by atoms with van der Waals surface area (Å²) in [4.78, 5) is 19.3. The van der Waals surface area contributed by atoms with E-state index in [2.05, 4.69) is 4.90 Å². The van der Waals surface area contributed by atoms with Crippen LogP contribution in [0.25, 0.3) is 0 Å². The third-order valence-electron chi connectivity index (χ3n) is 6.27. The van der Waals surface area contributed by atoms with Crippen LogP contribution < -0.4 is 0 Å². The van der Waals surface area contributed by atoms with Gasteiger partial charge in [-0.2, -0.15) is 8.42 Å². The number of aryl methyl sites for hydroxylation is 1. The number of piperidine rings is 1. The lowest BCUT2D eigenvalue weighted by atomic mass is 10.00. The van der Waals surface area contributed by atoms with E-state index in [-0.39, 0.29) is 23.6 Å². The molecule has 0 aliphatic carbocycles. The van der Waals surface area contributed by atoms with Crippen molar-refractivity contribution >= 4 is 16.1 Å². The lowest BCUT2D eigenvalue weighted by Gasteiger charge is -2.38. The molecule has 1 unspecified atom stereocenters. The number of carbonyl (C=O) groups is 1. The van der Waals surface area contributed by atoms with Gasteiger partial charge in [-0.15, -0.1) is 0 Å². The predicted octanol–water partition coefficient (Wildman–Crippen LogP) is 2.72. The Balaban J connectivity index is 1.46. The number of hydrogen-bond donors (Lipinski definition) is 0. The fraction of sp³-hybridized carbons (Fsp3) is 0.696. The van der Waals surface area contributed by atoms with E-state index in [0.29, 0.717) is 19.5 Å². The molecule has 2 heterocycles. The van der Waals surface area contributed by atoms with Gasteiger partial charge in [-0.05, 0) is 51.2 Å². The Morgan fingerprint density at radius 2 is 1.88 bits per heavy atom. The van der Waals surface area contributed by atoms with E-state index >= 15 is 0 Å². The van der Waals surface area contributed by atoms with Gasteiger partial charge in [0, 0.05) is 45.8 Å². The second-order valence-electron chi connectivity index (χ2n) is 8.73. The molecule has 32 heavy (non-hydrogen) atoms. The minimum Gasteiger partial charge on any atom is -0.379 e. The van der Waals surface area contributed by atoms with Crippen LogP contribution in [0.15, 0.2) is 29.2 Å². The van der Waals surface area contributed by atoms with Crippen LogP contribution >= 0.6 is 0 Å². The molecule has 2 aliphatic rings. The Hall–Kier alpha value is -1.68. The number of carbonyl (C=O) groups excluding carboxylic acids is 1. The van der Waals surface area contributed by atoms with E-state index in [1.807, 2.05) is 18.9 Å². The Morgan fingerprint density at radius 1 is 1.16 bits per heavy atom. The monoisotopic (exact) mass is 467 g/mol. The number of amides is 2. The van der Waals surface area contributed by atoms with Gasteiger partial charge in [0.2, 0.25) is 0 Å². The molecule has 9 heteroatoms. The zero-order valence-electron chi connectivity index (χ0n) is 19.4. The SMILES string of the molecule is Cc1ccc(S(=O)(=O)OCCC2CCCCN2C(=O)N(C)CCCN2CCOCC2)cc1. The van der Waals surface area contributed by atoms with Gasteiger partial charge in [-0.3, -0.25) is 9.08 Å². The summed E-state index contributed by atoms with van der Waals surface area (Å²) in [6.07, 6.45) is 4.34. The zero-order chi connectivity index (χ0) is 23.0. The van der Waals surface area contributed by atoms with Gasteiger partial charge < -0.3 is 14.5 Å². The number of urea groups is 1. The average molecular weight is 468 g/mol. The van der Waals surface area contributed by atoms with Crippen molar-refractivity contribution in [3.05, 3.63) is 29.8 Å². The number of morpholine rings is 1. The lowest BCUT2D eigenvalue weighted by Crippen LogP contribution is -2.50. The fourth-order valence-corrected chi connectivity index (χ4v) is 5.21. The van der Waals surface area contributed by atoms with E-state index in [4.69, 9.17) is 8.92 Å². The molecule has 3 rings (SSSR count). The molecule has 180 valence electrons. The van der Waals surface area contributed by atoms with Crippen LogP contribution in [-0.2, 0) is 19.0 Å². The molecule has 2 saturated heterocycles. The second-order valence-corrected chi connectivity index (χ2v) is 10.3. The number of rotatable bonds is 9. The first-order chi connectivity index (χ1) is 15.4. The zero-order valence-corrected chi connectivity index (χ0v) is 20.2. The molecular formula is C23H37N3O5S. The average Bonchev–Trinajstić information content (AvgIpc) is 2.80. The third-order valence-corrected chi connectivity index (χ3v) is 7.60. The Kier molecular flexibility index (Phi) is 9.34. The molecule has 2 fully saturated rings. The number of benzene rings is 1. The quantitative estimate of drug-likeness (QED) is 0.520. The van der Waals surface area contributed by atoms with Gasteiger partial charge in [0.15, 0.2) is 0 Å². The molecule has 2 aliphatic heterocycles. The topological polar surface area (TPSA) is 79.4 Å². The summed E-state index contributed by atoms with van der Waals surface area (Å²) < 4.78 is 35.5. The maximum Gasteiger partial charge on any atom is 0.319 e. The van der Waals surface area contributed by atoms with Gasteiger partial charge in [0.05, 0.1) is 24.7 Å². The van der Waals surface area contributed by atoms with Crippen molar-refractivity contribution in [1.29, 1.82) is 0 Å². The molecule has 8 nitrogen and oxygen atoms in total. The third kappa shape index (κ3) is 7.16. The number of hydrogen-bond acceptors (Lipinski definition) is 6. The van der Waals surface area contributed by atoms with E-state index in [1.54, 1.807) is 29.2 Å². The summed E-state index contributed by atoms with van der Waals surface area (Å²) in [5, 5.41) is 0. The maximum atomic E-state index is 13.1. The summed E-state index contributed by atoms with van der Waals surface area (Å²) in [6, 6.07) is 6.67. The molecular weight excluding hydrogens is 430 g/mol. The highest BCUT2D eigenvalue weighted by Gasteiger charge is 2.29. The molecule has 0 spiro atoms. The Labute approximate surface area is 192 Å². The van der Waals surface area contributed by atoms with Crippen molar-refractivity contribution in [2.24, 2.45) is 0 Å². The molecule has 0 aromatic heterocycles. The molecule has 0 N–H and O–H groups in total. The van der Waals surface area contributed by atoms with Gasteiger partial charge in [-0.25, -0.2) is 4.79 Å². The highest BCUT2D eigenvalue weighted by Crippen LogP contribution is 2.22. The second kappa shape index (κ2) is 12.0. The van der Waals surface area contributed by atoms with E-state index in [0.717, 1.165) is 64.1 Å². The molecule has 0 saturated carbocycles. The van der Waals surface area contributed by atoms with Crippen LogP contribution in [0, 0.1) is 6.92 Å². The van der Waals surface area contributed by atoms with E-state index in [9.17, 15) is 13.2 Å². The summed E-state index contributed by atoms with van der Waals surface area (Å²) in [5.74, 6) is 0. The molecule has 0 radical (unpaired) electrons. The minimum atomic E-state index is -3.78. The predicted molar refractivity (Wildman–Crippen MR) is 123 cm³/mol. The Bertz CT molecular complexity index is 825. The summed E-state index contributed by atoms with van der Waals surface area (Å²) in [5.41, 5.74) is 0.995. The van der Waals surface area contributed by atoms with Crippen molar-refractivity contribution in [3.8, 4) is 0 Å².